The zero-order valence-corrected chi connectivity index (χ0v) is 22.7. The number of carbonyl (C=O) groups is 4. The number of carboxylic acids is 1. The van der Waals surface area contributed by atoms with Crippen molar-refractivity contribution >= 4 is 47.3 Å². The van der Waals surface area contributed by atoms with Gasteiger partial charge in [-0.15, -0.1) is 16.9 Å². The Morgan fingerprint density at radius 3 is 2.78 bits per heavy atom. The molecule has 2 saturated heterocycles. The van der Waals surface area contributed by atoms with E-state index in [-0.39, 0.29) is 48.2 Å². The second kappa shape index (κ2) is 10.7. The molecule has 4 atom stereocenters. The predicted molar refractivity (Wildman–Crippen MR) is 116 cm³/mol. The number of fused-ring (bicyclic) bond motifs is 2. The third-order valence-electron chi connectivity index (χ3n) is 5.57. The quantitative estimate of drug-likeness (QED) is 0.158. The first-order chi connectivity index (χ1) is 16.8. The molecule has 0 aromatic carbocycles. The number of aliphatic carboxylic acids is 1. The van der Waals surface area contributed by atoms with Gasteiger partial charge in [-0.25, -0.2) is 0 Å². The number of ether oxygens (including phenoxy) is 1. The Balaban J connectivity index is 0.00000304. The van der Waals surface area contributed by atoms with Crippen molar-refractivity contribution in [1.82, 2.24) is 35.8 Å². The molecular weight excluding hydrogens is 527 g/mol. The van der Waals surface area contributed by atoms with Gasteiger partial charge in [-0.2, -0.15) is 0 Å². The Labute approximate surface area is 234 Å². The Morgan fingerprint density at radius 2 is 2.14 bits per heavy atom. The molecule has 3 unspecified atom stereocenters. The van der Waals surface area contributed by atoms with Crippen LogP contribution in [0.3, 0.4) is 0 Å². The molecular formula is C18H19N8NaO7S2. The SMILES string of the molecule is CC(=O)OCC1=C(C(=O)[O-])N2C(=O)C[C@@H]2SC1NC(=O)C1C2=CSC(N)N2N1OCc1c[nH]nn1.[Na+]. The summed E-state index contributed by atoms with van der Waals surface area (Å²) in [6.45, 7) is 0.756. The van der Waals surface area contributed by atoms with Crippen molar-refractivity contribution in [2.75, 3.05) is 6.61 Å². The Bertz CT molecular complexity index is 1150. The molecule has 1 aromatic heterocycles. The van der Waals surface area contributed by atoms with E-state index in [1.54, 1.807) is 16.6 Å². The summed E-state index contributed by atoms with van der Waals surface area (Å²) in [6, 6.07) is -0.883. The topological polar surface area (TPSA) is 199 Å². The molecule has 2 fully saturated rings. The number of nitrogens with one attached hydrogen (secondary N) is 2. The maximum atomic E-state index is 13.4. The van der Waals surface area contributed by atoms with Gasteiger partial charge in [-0.1, -0.05) is 22.1 Å². The number of nitrogens with two attached hydrogens (primary N) is 1. The molecule has 36 heavy (non-hydrogen) atoms. The van der Waals surface area contributed by atoms with E-state index in [9.17, 15) is 24.3 Å². The summed E-state index contributed by atoms with van der Waals surface area (Å²) in [5, 5.41) is 28.0. The average molecular weight is 547 g/mol. The first-order valence-electron chi connectivity index (χ1n) is 10.3. The average Bonchev–Trinajstić information content (AvgIpc) is 3.40. The molecule has 4 aliphatic rings. The van der Waals surface area contributed by atoms with Crippen LogP contribution >= 0.6 is 23.5 Å². The van der Waals surface area contributed by atoms with Crippen molar-refractivity contribution in [2.24, 2.45) is 5.73 Å². The molecule has 0 spiro atoms. The van der Waals surface area contributed by atoms with Crippen LogP contribution in [0, 0.1) is 0 Å². The molecule has 0 radical (unpaired) electrons. The standard InChI is InChI=1S/C18H20N8O7S2.Na/c1-7(27)32-5-9-13(17(30)31)24-11(28)2-12(24)35-16(9)21-15(29)14-10-6-34-18(19)25(10)26(14)33-4-8-3-20-23-22-8;/h3,6,12,14,16,18H,2,4-5,19H2,1H3,(H,21,29)(H,30,31)(H,20,22,23);/q;+1/p-1/t12-,14?,16?,18?;/m0./s1. The minimum absolute atomic E-state index is 0. The smallest absolute Gasteiger partial charge is 0.543 e. The largest absolute Gasteiger partial charge is 1.00 e. The van der Waals surface area contributed by atoms with Crippen molar-refractivity contribution in [3.05, 3.63) is 34.3 Å². The number of hydrazine groups is 1. The monoisotopic (exact) mass is 546 g/mol. The summed E-state index contributed by atoms with van der Waals surface area (Å²) in [5.41, 5.74) is 6.34. The van der Waals surface area contributed by atoms with Crippen LogP contribution < -0.4 is 45.7 Å². The number of β-lactam (4-membered cyclic amide) rings is 1. The van der Waals surface area contributed by atoms with Gasteiger partial charge in [-0.3, -0.25) is 34.2 Å². The molecule has 186 valence electrons. The summed E-state index contributed by atoms with van der Waals surface area (Å²) in [7, 11) is 0. The molecule has 0 saturated carbocycles. The number of rotatable bonds is 8. The number of esters is 1. The second-order valence-electron chi connectivity index (χ2n) is 7.75. The molecule has 0 bridgehead atoms. The normalized spacial score (nSPS) is 26.7. The maximum Gasteiger partial charge on any atom is 1.00 e. The molecule has 2 amide bonds. The van der Waals surface area contributed by atoms with Gasteiger partial charge in [-0.05, 0) is 5.41 Å². The van der Waals surface area contributed by atoms with Crippen LogP contribution in [0.4, 0.5) is 0 Å². The number of nitrogens with zero attached hydrogens (tertiary/aromatic N) is 5. The molecule has 5 heterocycles. The summed E-state index contributed by atoms with van der Waals surface area (Å²) in [5.74, 6) is -3.14. The zero-order valence-electron chi connectivity index (χ0n) is 19.1. The van der Waals surface area contributed by atoms with E-state index in [2.05, 4.69) is 20.7 Å². The molecule has 5 rings (SSSR count). The van der Waals surface area contributed by atoms with Crippen LogP contribution in [0.2, 0.25) is 0 Å². The zero-order chi connectivity index (χ0) is 24.9. The van der Waals surface area contributed by atoms with Crippen LogP contribution in [-0.4, -0.2) is 83.1 Å². The molecule has 18 heteroatoms. The number of amides is 2. The fourth-order valence-corrected chi connectivity index (χ4v) is 6.23. The van der Waals surface area contributed by atoms with Crippen molar-refractivity contribution < 1.29 is 63.4 Å². The molecule has 1 aromatic rings. The van der Waals surface area contributed by atoms with Gasteiger partial charge in [0.05, 0.1) is 29.2 Å². The number of hydroxylamine groups is 1. The van der Waals surface area contributed by atoms with E-state index >= 15 is 0 Å². The Hall–Kier alpha value is -2.12. The first kappa shape index (κ1) is 26.9. The van der Waals surface area contributed by atoms with Crippen LogP contribution in [0.25, 0.3) is 0 Å². The third kappa shape index (κ3) is 4.76. The number of hydrogen-bond acceptors (Lipinski definition) is 14. The molecule has 4 aliphatic heterocycles. The minimum atomic E-state index is -1.60. The van der Waals surface area contributed by atoms with Gasteiger partial charge < -0.3 is 25.7 Å². The second-order valence-corrected chi connectivity index (χ2v) is 10.0. The third-order valence-corrected chi connectivity index (χ3v) is 7.79. The van der Waals surface area contributed by atoms with Gasteiger partial charge in [0.25, 0.3) is 0 Å². The summed E-state index contributed by atoms with van der Waals surface area (Å²) < 4.78 is 5.02. The number of aromatic amines is 1. The summed E-state index contributed by atoms with van der Waals surface area (Å²) in [6.07, 6.45) is 1.65. The fraction of sp³-hybridized carbons (Fsp3) is 0.444. The predicted octanol–water partition coefficient (Wildman–Crippen LogP) is -5.71. The molecule has 0 aliphatic carbocycles. The van der Waals surface area contributed by atoms with Gasteiger partial charge >= 0.3 is 35.5 Å². The molecule has 4 N–H and O–H groups in total. The number of hydrogen-bond donors (Lipinski definition) is 3. The van der Waals surface area contributed by atoms with E-state index in [0.717, 1.165) is 4.90 Å². The van der Waals surface area contributed by atoms with Gasteiger partial charge in [0.2, 0.25) is 11.8 Å². The maximum absolute atomic E-state index is 13.4. The minimum Gasteiger partial charge on any atom is -0.543 e. The van der Waals surface area contributed by atoms with Crippen molar-refractivity contribution in [2.45, 2.75) is 42.2 Å². The molecule has 15 nitrogen and oxygen atoms in total. The number of carbonyl (C=O) groups excluding carboxylic acids is 4. The first-order valence-corrected chi connectivity index (χ1v) is 12.2. The van der Waals surface area contributed by atoms with E-state index in [1.807, 2.05) is 0 Å². The number of carboxylic acid groups (broad SMARTS) is 1. The van der Waals surface area contributed by atoms with Crippen LogP contribution in [-0.2, 0) is 35.4 Å². The van der Waals surface area contributed by atoms with Gasteiger partial charge in [0.1, 0.15) is 29.8 Å². The van der Waals surface area contributed by atoms with Crippen LogP contribution in [0.15, 0.2) is 28.6 Å². The van der Waals surface area contributed by atoms with Gasteiger partial charge in [0, 0.05) is 18.7 Å². The number of H-pyrrole nitrogens is 1. The van der Waals surface area contributed by atoms with E-state index in [4.69, 9.17) is 15.3 Å². The van der Waals surface area contributed by atoms with Crippen molar-refractivity contribution in [1.29, 1.82) is 0 Å². The Morgan fingerprint density at radius 1 is 1.36 bits per heavy atom. The summed E-state index contributed by atoms with van der Waals surface area (Å²) >= 11 is 2.47. The number of aromatic nitrogens is 3. The van der Waals surface area contributed by atoms with Crippen LogP contribution in [0.1, 0.15) is 19.0 Å². The summed E-state index contributed by atoms with van der Waals surface area (Å²) in [4.78, 5) is 55.6. The van der Waals surface area contributed by atoms with Crippen molar-refractivity contribution in [3.63, 3.8) is 0 Å². The number of thioether (sulfide) groups is 2. The van der Waals surface area contributed by atoms with Crippen LogP contribution in [0.5, 0.6) is 0 Å². The van der Waals surface area contributed by atoms with Crippen molar-refractivity contribution in [3.8, 4) is 0 Å². The van der Waals surface area contributed by atoms with Gasteiger partial charge in [0.15, 0.2) is 6.04 Å². The van der Waals surface area contributed by atoms with E-state index < -0.39 is 58.3 Å². The fourth-order valence-electron chi connectivity index (χ4n) is 3.96. The van der Waals surface area contributed by atoms with E-state index in [1.165, 1.54) is 35.6 Å². The Kier molecular flexibility index (Phi) is 8.01. The van der Waals surface area contributed by atoms with E-state index in [0.29, 0.717) is 11.4 Å².